The lowest BCUT2D eigenvalue weighted by atomic mass is 9.95. The fourth-order valence-electron chi connectivity index (χ4n) is 6.73. The highest BCUT2D eigenvalue weighted by Crippen LogP contribution is 2.49. The Morgan fingerprint density at radius 3 is 1.33 bits per heavy atom. The third-order valence-electron chi connectivity index (χ3n) is 8.80. The lowest BCUT2D eigenvalue weighted by Gasteiger charge is -2.13. The monoisotopic (exact) mass is 628 g/mol. The summed E-state index contributed by atoms with van der Waals surface area (Å²) in [6.07, 6.45) is 5.18. The van der Waals surface area contributed by atoms with Crippen molar-refractivity contribution in [2.45, 2.75) is 22.6 Å². The van der Waals surface area contributed by atoms with Gasteiger partial charge in [0.25, 0.3) is 0 Å². The maximum absolute atomic E-state index is 11.4. The van der Waals surface area contributed by atoms with E-state index in [1.807, 2.05) is 24.3 Å². The van der Waals surface area contributed by atoms with Crippen LogP contribution in [0.25, 0.3) is 44.5 Å². The molecule has 2 aliphatic rings. The summed E-state index contributed by atoms with van der Waals surface area (Å²) in [4.78, 5) is 32.4. The molecule has 0 fully saturated rings. The Morgan fingerprint density at radius 2 is 0.870 bits per heavy atom. The number of hydrogen-bond acceptors (Lipinski definition) is 6. The Labute approximate surface area is 274 Å². The number of isocyanates is 2. The molecule has 0 spiro atoms. The van der Waals surface area contributed by atoms with Crippen LogP contribution in [-0.4, -0.2) is 12.2 Å². The van der Waals surface area contributed by atoms with Crippen molar-refractivity contribution in [3.05, 3.63) is 144 Å². The van der Waals surface area contributed by atoms with E-state index < -0.39 is 0 Å². The van der Waals surface area contributed by atoms with Crippen LogP contribution in [-0.2, 0) is 22.4 Å². The molecule has 6 aromatic carbocycles. The molecule has 0 heterocycles. The van der Waals surface area contributed by atoms with Gasteiger partial charge in [-0.15, -0.1) is 0 Å². The smallest absolute Gasteiger partial charge is 0.211 e. The summed E-state index contributed by atoms with van der Waals surface area (Å²) in [5.74, 6) is 0. The number of carbonyl (C=O) groups excluding carboxylic acids is 2. The van der Waals surface area contributed by atoms with E-state index in [0.29, 0.717) is 11.4 Å². The maximum Gasteiger partial charge on any atom is 0.240 e. The van der Waals surface area contributed by atoms with Gasteiger partial charge in [0.05, 0.1) is 11.4 Å². The number of hydrogen-bond donors (Lipinski definition) is 0. The van der Waals surface area contributed by atoms with E-state index in [9.17, 15) is 9.59 Å². The van der Waals surface area contributed by atoms with Gasteiger partial charge in [-0.25, -0.2) is 9.59 Å². The lowest BCUT2D eigenvalue weighted by molar-refractivity contribution is 0.564. The first-order chi connectivity index (χ1) is 22.7. The topological polar surface area (TPSA) is 58.9 Å². The molecule has 6 aromatic rings. The second-order valence-electron chi connectivity index (χ2n) is 11.3. The molecular formula is C40H24N2O2S2. The van der Waals surface area contributed by atoms with Crippen LogP contribution in [0.15, 0.2) is 141 Å². The minimum Gasteiger partial charge on any atom is -0.211 e. The van der Waals surface area contributed by atoms with Gasteiger partial charge in [0.15, 0.2) is 0 Å². The van der Waals surface area contributed by atoms with Crippen molar-refractivity contribution in [2.24, 2.45) is 9.98 Å². The fourth-order valence-corrected chi connectivity index (χ4v) is 8.99. The highest BCUT2D eigenvalue weighted by molar-refractivity contribution is 8.76. The van der Waals surface area contributed by atoms with Gasteiger partial charge in [0.1, 0.15) is 0 Å². The van der Waals surface area contributed by atoms with Crippen LogP contribution in [0.1, 0.15) is 22.3 Å². The molecule has 0 bridgehead atoms. The van der Waals surface area contributed by atoms with Crippen molar-refractivity contribution in [2.75, 3.05) is 0 Å². The predicted molar refractivity (Wildman–Crippen MR) is 188 cm³/mol. The first-order valence-electron chi connectivity index (χ1n) is 14.9. The normalized spacial score (nSPS) is 11.9. The molecule has 0 unspecified atom stereocenters. The number of fused-ring (bicyclic) bond motifs is 6. The van der Waals surface area contributed by atoms with E-state index in [2.05, 4.69) is 107 Å². The Kier molecular flexibility index (Phi) is 7.34. The molecule has 2 aliphatic carbocycles. The Hall–Kier alpha value is -5.22. The third kappa shape index (κ3) is 4.95. The zero-order valence-corrected chi connectivity index (χ0v) is 26.1. The summed E-state index contributed by atoms with van der Waals surface area (Å²) in [6.45, 7) is 0. The molecule has 0 saturated heterocycles. The van der Waals surface area contributed by atoms with E-state index in [-0.39, 0.29) is 0 Å². The zero-order valence-electron chi connectivity index (χ0n) is 24.5. The highest BCUT2D eigenvalue weighted by Gasteiger charge is 2.23. The third-order valence-corrected chi connectivity index (χ3v) is 11.2. The minimum absolute atomic E-state index is 0.544. The molecule has 46 heavy (non-hydrogen) atoms. The predicted octanol–water partition coefficient (Wildman–Crippen LogP) is 10.9. The fraction of sp³-hybridized carbons (Fsp3) is 0.0500. The molecule has 0 N–H and O–H groups in total. The van der Waals surface area contributed by atoms with Crippen LogP contribution >= 0.6 is 21.6 Å². The second-order valence-corrected chi connectivity index (χ2v) is 13.5. The van der Waals surface area contributed by atoms with Gasteiger partial charge in [0.2, 0.25) is 12.2 Å². The van der Waals surface area contributed by atoms with Gasteiger partial charge in [-0.1, -0.05) is 119 Å². The van der Waals surface area contributed by atoms with Crippen LogP contribution in [0.2, 0.25) is 0 Å². The molecule has 4 nitrogen and oxygen atoms in total. The van der Waals surface area contributed by atoms with Gasteiger partial charge in [-0.05, 0) is 104 Å². The molecule has 0 aliphatic heterocycles. The molecular weight excluding hydrogens is 605 g/mol. The molecule has 0 saturated carbocycles. The second kappa shape index (κ2) is 11.9. The van der Waals surface area contributed by atoms with Crippen molar-refractivity contribution in [3.63, 3.8) is 0 Å². The van der Waals surface area contributed by atoms with Gasteiger partial charge in [-0.2, -0.15) is 9.98 Å². The van der Waals surface area contributed by atoms with Gasteiger partial charge in [-0.3, -0.25) is 0 Å². The summed E-state index contributed by atoms with van der Waals surface area (Å²) in [5, 5.41) is 0. The van der Waals surface area contributed by atoms with Crippen molar-refractivity contribution >= 4 is 45.1 Å². The van der Waals surface area contributed by atoms with Crippen molar-refractivity contribution in [1.29, 1.82) is 0 Å². The summed E-state index contributed by atoms with van der Waals surface area (Å²) in [7, 11) is 2.97. The Balaban J connectivity index is 1.15. The standard InChI is InChI=1S/C40H24N2O2S2/c43-23-41-37-17-15-27(31-11-5-13-33-29-9-3-1-7-25(29)19-35(31)33)21-39(37)45-46-40-22-28(16-18-38(40)42-24-44)32-12-6-14-34-30-10-4-2-8-26(30)20-36(32)34/h1-18,21-22H,19-20H2. The summed E-state index contributed by atoms with van der Waals surface area (Å²) in [6, 6.07) is 41.9. The molecule has 6 heteroatoms. The maximum atomic E-state index is 11.4. The zero-order chi connectivity index (χ0) is 31.0. The Morgan fingerprint density at radius 1 is 0.457 bits per heavy atom. The van der Waals surface area contributed by atoms with Crippen molar-refractivity contribution < 1.29 is 9.59 Å². The molecule has 8 rings (SSSR count). The Bertz CT molecular complexity index is 2140. The van der Waals surface area contributed by atoms with Crippen LogP contribution in [0.5, 0.6) is 0 Å². The van der Waals surface area contributed by atoms with E-state index in [4.69, 9.17) is 0 Å². The summed E-state index contributed by atoms with van der Waals surface area (Å²) < 4.78 is 0. The van der Waals surface area contributed by atoms with Gasteiger partial charge >= 0.3 is 0 Å². The van der Waals surface area contributed by atoms with Crippen LogP contribution in [0.4, 0.5) is 11.4 Å². The number of nitrogens with zero attached hydrogens (tertiary/aromatic N) is 2. The van der Waals surface area contributed by atoms with Gasteiger partial charge in [0, 0.05) is 9.79 Å². The number of rotatable bonds is 7. The molecule has 0 amide bonds. The number of aliphatic imine (C=N–C) groups is 2. The highest BCUT2D eigenvalue weighted by atomic mass is 33.1. The summed E-state index contributed by atoms with van der Waals surface area (Å²) >= 11 is 0. The lowest BCUT2D eigenvalue weighted by Crippen LogP contribution is -1.89. The first kappa shape index (κ1) is 28.3. The average molecular weight is 629 g/mol. The van der Waals surface area contributed by atoms with E-state index in [0.717, 1.165) is 44.9 Å². The van der Waals surface area contributed by atoms with Crippen LogP contribution in [0.3, 0.4) is 0 Å². The van der Waals surface area contributed by atoms with Gasteiger partial charge < -0.3 is 0 Å². The average Bonchev–Trinajstić information content (AvgIpc) is 3.67. The van der Waals surface area contributed by atoms with E-state index in [1.165, 1.54) is 66.1 Å². The van der Waals surface area contributed by atoms with Crippen molar-refractivity contribution in [1.82, 2.24) is 0 Å². The molecule has 0 atom stereocenters. The quantitative estimate of drug-likeness (QED) is 0.100. The molecule has 0 aromatic heterocycles. The van der Waals surface area contributed by atoms with Crippen molar-refractivity contribution in [3.8, 4) is 44.5 Å². The summed E-state index contributed by atoms with van der Waals surface area (Å²) in [5.41, 5.74) is 15.8. The van der Waals surface area contributed by atoms with Crippen LogP contribution in [0, 0.1) is 0 Å². The molecule has 0 radical (unpaired) electrons. The minimum atomic E-state index is 0.544. The van der Waals surface area contributed by atoms with E-state index >= 15 is 0 Å². The SMILES string of the molecule is O=C=Nc1ccc(-c2cccc3c2Cc2ccccc2-3)cc1SSc1cc(-c2cccc3c2Cc2ccccc2-3)ccc1N=C=O. The van der Waals surface area contributed by atoms with Crippen LogP contribution < -0.4 is 0 Å². The molecule has 218 valence electrons. The number of benzene rings is 6. The largest absolute Gasteiger partial charge is 0.240 e. The van der Waals surface area contributed by atoms with E-state index in [1.54, 1.807) is 12.2 Å². The first-order valence-corrected chi connectivity index (χ1v) is 17.1.